The molecule has 3 rings (SSSR count). The Morgan fingerprint density at radius 1 is 0.927 bits per heavy atom. The van der Waals surface area contributed by atoms with Crippen LogP contribution in [0.2, 0.25) is 0 Å². The van der Waals surface area contributed by atoms with Crippen molar-refractivity contribution in [1.29, 1.82) is 0 Å². The van der Waals surface area contributed by atoms with Gasteiger partial charge in [-0.3, -0.25) is 0 Å². The predicted molar refractivity (Wildman–Crippen MR) is 163 cm³/mol. The maximum atomic E-state index is 13.3. The molecule has 1 N–H and O–H groups in total. The molecule has 3 aromatic carbocycles. The molecule has 41 heavy (non-hydrogen) atoms. The van der Waals surface area contributed by atoms with Crippen LogP contribution in [-0.4, -0.2) is 60.2 Å². The van der Waals surface area contributed by atoms with Gasteiger partial charge in [-0.1, -0.05) is 48.0 Å². The highest BCUT2D eigenvalue weighted by Gasteiger charge is 2.19. The molecule has 3 aromatic rings. The normalized spacial score (nSPS) is 11.6. The largest absolute Gasteiger partial charge is 0.492 e. The third-order valence-corrected chi connectivity index (χ3v) is 7.60. The Morgan fingerprint density at radius 3 is 2.24 bits per heavy atom. The zero-order chi connectivity index (χ0) is 29.6. The van der Waals surface area contributed by atoms with Gasteiger partial charge in [0.15, 0.2) is 6.10 Å². The molecule has 8 heteroatoms. The van der Waals surface area contributed by atoms with Gasteiger partial charge < -0.3 is 24.2 Å². The number of aryl methyl sites for hydroxylation is 3. The van der Waals surface area contributed by atoms with Gasteiger partial charge in [-0.25, -0.2) is 9.59 Å². The molecular weight excluding hydrogens is 538 g/mol. The van der Waals surface area contributed by atoms with Gasteiger partial charge in [0.2, 0.25) is 0 Å². The molecular formula is C33H41NO6S. The molecule has 0 saturated heterocycles. The lowest BCUT2D eigenvalue weighted by Gasteiger charge is -2.23. The number of unbranched alkanes of at least 4 members (excludes halogenated alkanes) is 1. The summed E-state index contributed by atoms with van der Waals surface area (Å²) in [5, 5.41) is 9.32. The zero-order valence-corrected chi connectivity index (χ0v) is 25.2. The number of carbonyl (C=O) groups is 2. The van der Waals surface area contributed by atoms with Gasteiger partial charge in [-0.2, -0.15) is 0 Å². The number of carboxylic acid groups (broad SMARTS) is 1. The molecule has 0 aliphatic carbocycles. The summed E-state index contributed by atoms with van der Waals surface area (Å²) in [6.07, 6.45) is 0.834. The van der Waals surface area contributed by atoms with E-state index in [1.54, 1.807) is 11.8 Å². The molecule has 0 spiro atoms. The van der Waals surface area contributed by atoms with Crippen molar-refractivity contribution in [1.82, 2.24) is 4.90 Å². The van der Waals surface area contributed by atoms with Crippen LogP contribution in [0.4, 0.5) is 4.79 Å². The van der Waals surface area contributed by atoms with E-state index in [0.29, 0.717) is 37.8 Å². The number of hydrogen-bond donors (Lipinski definition) is 1. The summed E-state index contributed by atoms with van der Waals surface area (Å²) in [6.45, 7) is 9.29. The fourth-order valence-electron chi connectivity index (χ4n) is 4.51. The average molecular weight is 580 g/mol. The standard InChI is InChI=1S/C33H41NO6S/c1-5-38-30(32(35)36)23-27-13-15-28(16-14-27)39-19-18-34(17-9-10-20-41-29-11-7-6-8-12-29)33(37)40-31-25(3)21-24(2)22-26(31)4/h6-8,11-16,21-22,30H,5,9-10,17-20,23H2,1-4H3,(H,35,36). The van der Waals surface area contributed by atoms with Gasteiger partial charge in [0, 0.05) is 24.5 Å². The van der Waals surface area contributed by atoms with E-state index in [2.05, 4.69) is 12.1 Å². The Bertz CT molecular complexity index is 1230. The van der Waals surface area contributed by atoms with Crippen LogP contribution in [0.3, 0.4) is 0 Å². The van der Waals surface area contributed by atoms with Crippen LogP contribution in [0, 0.1) is 20.8 Å². The number of benzene rings is 3. The number of hydrogen-bond acceptors (Lipinski definition) is 6. The minimum atomic E-state index is -0.978. The second-order valence-electron chi connectivity index (χ2n) is 9.93. The van der Waals surface area contributed by atoms with Crippen LogP contribution in [0.25, 0.3) is 0 Å². The SMILES string of the molecule is CCOC(Cc1ccc(OCCN(CCCCSc2ccccc2)C(=O)Oc2c(C)cc(C)cc2C)cc1)C(=O)O. The highest BCUT2D eigenvalue weighted by molar-refractivity contribution is 7.99. The second-order valence-corrected chi connectivity index (χ2v) is 11.1. The Hall–Kier alpha value is -3.49. The molecule has 0 aromatic heterocycles. The number of aliphatic carboxylic acids is 1. The molecule has 0 bridgehead atoms. The fourth-order valence-corrected chi connectivity index (χ4v) is 5.45. The predicted octanol–water partition coefficient (Wildman–Crippen LogP) is 7.10. The number of carboxylic acids is 1. The van der Waals surface area contributed by atoms with Crippen molar-refractivity contribution >= 4 is 23.8 Å². The molecule has 0 saturated carbocycles. The number of ether oxygens (including phenoxy) is 3. The molecule has 0 heterocycles. The first kappa shape index (κ1) is 32.0. The highest BCUT2D eigenvalue weighted by atomic mass is 32.2. The zero-order valence-electron chi connectivity index (χ0n) is 24.4. The smallest absolute Gasteiger partial charge is 0.415 e. The van der Waals surface area contributed by atoms with Crippen molar-refractivity contribution in [3.05, 3.63) is 89.0 Å². The van der Waals surface area contributed by atoms with Gasteiger partial charge in [0.1, 0.15) is 18.1 Å². The Balaban J connectivity index is 1.56. The monoisotopic (exact) mass is 579 g/mol. The summed E-state index contributed by atoms with van der Waals surface area (Å²) >= 11 is 1.81. The maximum absolute atomic E-state index is 13.3. The van der Waals surface area contributed by atoms with Gasteiger partial charge in [0.25, 0.3) is 0 Å². The van der Waals surface area contributed by atoms with Gasteiger partial charge >= 0.3 is 12.1 Å². The quantitative estimate of drug-likeness (QED) is 0.143. The number of thioether (sulfide) groups is 1. The molecule has 1 atom stereocenters. The van der Waals surface area contributed by atoms with E-state index in [9.17, 15) is 14.7 Å². The lowest BCUT2D eigenvalue weighted by molar-refractivity contribution is -0.149. The van der Waals surface area contributed by atoms with Crippen molar-refractivity contribution in [3.8, 4) is 11.5 Å². The summed E-state index contributed by atoms with van der Waals surface area (Å²) in [5.74, 6) is 1.25. The molecule has 1 amide bonds. The summed E-state index contributed by atoms with van der Waals surface area (Å²) in [5.41, 5.74) is 3.84. The van der Waals surface area contributed by atoms with Crippen LogP contribution in [0.5, 0.6) is 11.5 Å². The van der Waals surface area contributed by atoms with Crippen LogP contribution in [-0.2, 0) is 16.0 Å². The van der Waals surface area contributed by atoms with E-state index in [0.717, 1.165) is 40.8 Å². The van der Waals surface area contributed by atoms with Crippen molar-refractivity contribution in [2.75, 3.05) is 32.1 Å². The van der Waals surface area contributed by atoms with Crippen molar-refractivity contribution in [3.63, 3.8) is 0 Å². The summed E-state index contributed by atoms with van der Waals surface area (Å²) in [7, 11) is 0. The summed E-state index contributed by atoms with van der Waals surface area (Å²) in [6, 6.07) is 21.6. The summed E-state index contributed by atoms with van der Waals surface area (Å²) < 4.78 is 17.1. The van der Waals surface area contributed by atoms with Crippen LogP contribution in [0.15, 0.2) is 71.6 Å². The molecule has 0 aliphatic rings. The van der Waals surface area contributed by atoms with Gasteiger partial charge in [-0.15, -0.1) is 11.8 Å². The van der Waals surface area contributed by atoms with Gasteiger partial charge in [-0.05, 0) is 87.2 Å². The maximum Gasteiger partial charge on any atom is 0.415 e. The third-order valence-electron chi connectivity index (χ3n) is 6.50. The van der Waals surface area contributed by atoms with E-state index in [1.807, 2.05) is 87.1 Å². The molecule has 0 radical (unpaired) electrons. The minimum Gasteiger partial charge on any atom is -0.492 e. The van der Waals surface area contributed by atoms with Crippen LogP contribution in [0.1, 0.15) is 42.0 Å². The topological polar surface area (TPSA) is 85.3 Å². The second kappa shape index (κ2) is 16.7. The average Bonchev–Trinajstić information content (AvgIpc) is 2.94. The molecule has 0 aliphatic heterocycles. The van der Waals surface area contributed by atoms with Crippen molar-refractivity contribution < 1.29 is 28.9 Å². The van der Waals surface area contributed by atoms with Gasteiger partial charge in [0.05, 0.1) is 6.54 Å². The van der Waals surface area contributed by atoms with Crippen LogP contribution < -0.4 is 9.47 Å². The molecule has 220 valence electrons. The first-order valence-electron chi connectivity index (χ1n) is 14.1. The Morgan fingerprint density at radius 2 is 1.61 bits per heavy atom. The first-order chi connectivity index (χ1) is 19.8. The molecule has 7 nitrogen and oxygen atoms in total. The van der Waals surface area contributed by atoms with E-state index >= 15 is 0 Å². The first-order valence-corrected chi connectivity index (χ1v) is 15.0. The van der Waals surface area contributed by atoms with E-state index in [1.165, 1.54) is 4.90 Å². The van der Waals surface area contributed by atoms with E-state index < -0.39 is 12.1 Å². The highest BCUT2D eigenvalue weighted by Crippen LogP contribution is 2.25. The van der Waals surface area contributed by atoms with Crippen LogP contribution >= 0.6 is 11.8 Å². The van der Waals surface area contributed by atoms with E-state index in [-0.39, 0.29) is 12.5 Å². The number of amides is 1. The fraction of sp³-hybridized carbons (Fsp3) is 0.394. The molecule has 1 unspecified atom stereocenters. The Kier molecular flexibility index (Phi) is 13.0. The van der Waals surface area contributed by atoms with Crippen molar-refractivity contribution in [2.45, 2.75) is 58.0 Å². The minimum absolute atomic E-state index is 0.281. The lowest BCUT2D eigenvalue weighted by atomic mass is 10.1. The molecule has 0 fully saturated rings. The Labute approximate surface area is 247 Å². The van der Waals surface area contributed by atoms with E-state index in [4.69, 9.17) is 14.2 Å². The number of carbonyl (C=O) groups excluding carboxylic acids is 1. The number of rotatable bonds is 16. The van der Waals surface area contributed by atoms with Crippen molar-refractivity contribution in [2.24, 2.45) is 0 Å². The lowest BCUT2D eigenvalue weighted by Crippen LogP contribution is -2.37. The third kappa shape index (κ3) is 10.8. The number of nitrogens with zero attached hydrogens (tertiary/aromatic N) is 1. The summed E-state index contributed by atoms with van der Waals surface area (Å²) in [4.78, 5) is 27.6.